The predicted octanol–water partition coefficient (Wildman–Crippen LogP) is 1.45. The Morgan fingerprint density at radius 2 is 2.05 bits per heavy atom. The molecule has 0 spiro atoms. The Balaban J connectivity index is 1.84. The third kappa shape index (κ3) is 4.73. The molecule has 1 aromatic carbocycles. The van der Waals surface area contributed by atoms with Crippen LogP contribution in [0.2, 0.25) is 0 Å². The minimum absolute atomic E-state index is 0.210. The van der Waals surface area contributed by atoms with Crippen molar-refractivity contribution in [2.24, 2.45) is 5.92 Å². The molecular weight excluding hydrogens is 284 g/mol. The van der Waals surface area contributed by atoms with E-state index in [1.165, 1.54) is 0 Å². The SMILES string of the molecule is CCOC(=O)[C@H]1CNCC[C@H]1NC(=O)OCc1ccccc1. The molecule has 22 heavy (non-hydrogen) atoms. The minimum Gasteiger partial charge on any atom is -0.466 e. The van der Waals surface area contributed by atoms with Crippen LogP contribution >= 0.6 is 0 Å². The number of benzene rings is 1. The van der Waals surface area contributed by atoms with Crippen LogP contribution in [0.5, 0.6) is 0 Å². The van der Waals surface area contributed by atoms with Crippen molar-refractivity contribution in [3.05, 3.63) is 35.9 Å². The Morgan fingerprint density at radius 3 is 2.77 bits per heavy atom. The molecular formula is C16H22N2O4. The zero-order valence-electron chi connectivity index (χ0n) is 12.7. The Labute approximate surface area is 130 Å². The average Bonchev–Trinajstić information content (AvgIpc) is 2.54. The summed E-state index contributed by atoms with van der Waals surface area (Å²) in [5.41, 5.74) is 0.921. The summed E-state index contributed by atoms with van der Waals surface area (Å²) >= 11 is 0. The van der Waals surface area contributed by atoms with Crippen molar-refractivity contribution in [1.29, 1.82) is 0 Å². The zero-order chi connectivity index (χ0) is 15.8. The maximum Gasteiger partial charge on any atom is 0.407 e. The molecule has 1 heterocycles. The molecule has 0 radical (unpaired) electrons. The standard InChI is InChI=1S/C16H22N2O4/c1-2-21-15(19)13-10-17-9-8-14(13)18-16(20)22-11-12-6-4-3-5-7-12/h3-7,13-14,17H,2,8-11H2,1H3,(H,18,20)/t13-,14+/m0/s1. The van der Waals surface area contributed by atoms with Gasteiger partial charge in [0.05, 0.1) is 12.5 Å². The molecule has 1 amide bonds. The number of hydrogen-bond acceptors (Lipinski definition) is 5. The second-order valence-corrected chi connectivity index (χ2v) is 5.16. The summed E-state index contributed by atoms with van der Waals surface area (Å²) in [6.45, 7) is 3.56. The van der Waals surface area contributed by atoms with Crippen LogP contribution in [0.3, 0.4) is 0 Å². The van der Waals surface area contributed by atoms with E-state index in [1.54, 1.807) is 6.92 Å². The number of alkyl carbamates (subject to hydrolysis) is 1. The summed E-state index contributed by atoms with van der Waals surface area (Å²) in [6, 6.07) is 9.20. The lowest BCUT2D eigenvalue weighted by molar-refractivity contribution is -0.149. The van der Waals surface area contributed by atoms with Crippen molar-refractivity contribution < 1.29 is 19.1 Å². The summed E-state index contributed by atoms with van der Waals surface area (Å²) in [4.78, 5) is 23.8. The molecule has 2 rings (SSSR count). The second kappa shape index (κ2) is 8.38. The largest absolute Gasteiger partial charge is 0.466 e. The van der Waals surface area contributed by atoms with E-state index in [0.717, 1.165) is 12.1 Å². The highest BCUT2D eigenvalue weighted by Gasteiger charge is 2.33. The first-order valence-electron chi connectivity index (χ1n) is 7.55. The smallest absolute Gasteiger partial charge is 0.407 e. The quantitative estimate of drug-likeness (QED) is 0.805. The molecule has 2 N–H and O–H groups in total. The number of esters is 1. The van der Waals surface area contributed by atoms with Crippen molar-refractivity contribution in [3.63, 3.8) is 0 Å². The molecule has 1 fully saturated rings. The van der Waals surface area contributed by atoms with E-state index in [1.807, 2.05) is 30.3 Å². The van der Waals surface area contributed by atoms with Gasteiger partial charge in [-0.3, -0.25) is 4.79 Å². The molecule has 0 unspecified atom stereocenters. The lowest BCUT2D eigenvalue weighted by atomic mass is 9.93. The summed E-state index contributed by atoms with van der Waals surface area (Å²) < 4.78 is 10.2. The van der Waals surface area contributed by atoms with Gasteiger partial charge in [0.25, 0.3) is 0 Å². The fourth-order valence-electron chi connectivity index (χ4n) is 2.44. The molecule has 120 valence electrons. The maximum atomic E-state index is 11.9. The Hall–Kier alpha value is -2.08. The minimum atomic E-state index is -0.509. The second-order valence-electron chi connectivity index (χ2n) is 5.16. The van der Waals surface area contributed by atoms with E-state index >= 15 is 0 Å². The van der Waals surface area contributed by atoms with Gasteiger partial charge in [0, 0.05) is 12.6 Å². The maximum absolute atomic E-state index is 11.9. The van der Waals surface area contributed by atoms with Gasteiger partial charge in [-0.1, -0.05) is 30.3 Å². The van der Waals surface area contributed by atoms with E-state index in [4.69, 9.17) is 9.47 Å². The van der Waals surface area contributed by atoms with Gasteiger partial charge in [-0.2, -0.15) is 0 Å². The monoisotopic (exact) mass is 306 g/mol. The van der Waals surface area contributed by atoms with Gasteiger partial charge in [-0.05, 0) is 25.5 Å². The van der Waals surface area contributed by atoms with Gasteiger partial charge < -0.3 is 20.1 Å². The molecule has 1 saturated heterocycles. The molecule has 0 saturated carbocycles. The van der Waals surface area contributed by atoms with E-state index in [0.29, 0.717) is 19.6 Å². The number of piperidine rings is 1. The van der Waals surface area contributed by atoms with Gasteiger partial charge in [-0.25, -0.2) is 4.79 Å². The number of ether oxygens (including phenoxy) is 2. The van der Waals surface area contributed by atoms with Crippen LogP contribution in [-0.4, -0.2) is 37.8 Å². The highest BCUT2D eigenvalue weighted by atomic mass is 16.5. The summed E-state index contributed by atoms with van der Waals surface area (Å²) in [7, 11) is 0. The molecule has 0 aromatic heterocycles. The van der Waals surface area contributed by atoms with Gasteiger partial charge in [0.15, 0.2) is 0 Å². The van der Waals surface area contributed by atoms with Gasteiger partial charge in [0.1, 0.15) is 6.61 Å². The fourth-order valence-corrected chi connectivity index (χ4v) is 2.44. The van der Waals surface area contributed by atoms with Crippen LogP contribution in [0.15, 0.2) is 30.3 Å². The third-order valence-corrected chi connectivity index (χ3v) is 3.59. The molecule has 6 heteroatoms. The highest BCUT2D eigenvalue weighted by Crippen LogP contribution is 2.14. The molecule has 1 aromatic rings. The van der Waals surface area contributed by atoms with Crippen molar-refractivity contribution in [1.82, 2.24) is 10.6 Å². The first-order chi connectivity index (χ1) is 10.7. The van der Waals surface area contributed by atoms with Crippen LogP contribution < -0.4 is 10.6 Å². The number of hydrogen-bond donors (Lipinski definition) is 2. The van der Waals surface area contributed by atoms with E-state index < -0.39 is 6.09 Å². The van der Waals surface area contributed by atoms with Crippen LogP contribution in [-0.2, 0) is 20.9 Å². The molecule has 2 atom stereocenters. The average molecular weight is 306 g/mol. The number of carbonyl (C=O) groups is 2. The fraction of sp³-hybridized carbons (Fsp3) is 0.500. The van der Waals surface area contributed by atoms with Crippen LogP contribution in [0.1, 0.15) is 18.9 Å². The molecule has 1 aliphatic heterocycles. The zero-order valence-corrected chi connectivity index (χ0v) is 12.7. The number of rotatable bonds is 5. The topological polar surface area (TPSA) is 76.7 Å². The van der Waals surface area contributed by atoms with Gasteiger partial charge >= 0.3 is 12.1 Å². The van der Waals surface area contributed by atoms with Crippen molar-refractivity contribution in [2.45, 2.75) is 26.0 Å². The van der Waals surface area contributed by atoms with Gasteiger partial charge in [0.2, 0.25) is 0 Å². The van der Waals surface area contributed by atoms with Crippen LogP contribution in [0.25, 0.3) is 0 Å². The predicted molar refractivity (Wildman–Crippen MR) is 81.2 cm³/mol. The van der Waals surface area contributed by atoms with Crippen LogP contribution in [0.4, 0.5) is 4.79 Å². The Bertz CT molecular complexity index is 492. The van der Waals surface area contributed by atoms with E-state index in [9.17, 15) is 9.59 Å². The molecule has 0 bridgehead atoms. The Morgan fingerprint density at radius 1 is 1.27 bits per heavy atom. The van der Waals surface area contributed by atoms with Crippen molar-refractivity contribution in [3.8, 4) is 0 Å². The summed E-state index contributed by atoms with van der Waals surface area (Å²) in [5, 5.41) is 5.92. The van der Waals surface area contributed by atoms with Crippen molar-refractivity contribution >= 4 is 12.1 Å². The summed E-state index contributed by atoms with van der Waals surface area (Å²) in [6.07, 6.45) is 0.161. The number of amides is 1. The van der Waals surface area contributed by atoms with Crippen LogP contribution in [0, 0.1) is 5.92 Å². The van der Waals surface area contributed by atoms with Gasteiger partial charge in [-0.15, -0.1) is 0 Å². The number of nitrogens with one attached hydrogen (secondary N) is 2. The van der Waals surface area contributed by atoms with E-state index in [-0.39, 0.29) is 24.5 Å². The molecule has 1 aliphatic rings. The highest BCUT2D eigenvalue weighted by molar-refractivity contribution is 5.75. The normalized spacial score (nSPS) is 21.0. The van der Waals surface area contributed by atoms with Crippen molar-refractivity contribution in [2.75, 3.05) is 19.7 Å². The third-order valence-electron chi connectivity index (χ3n) is 3.59. The lowest BCUT2D eigenvalue weighted by Gasteiger charge is -2.30. The Kier molecular flexibility index (Phi) is 6.21. The number of carbonyl (C=O) groups excluding carboxylic acids is 2. The van der Waals surface area contributed by atoms with E-state index in [2.05, 4.69) is 10.6 Å². The summed E-state index contributed by atoms with van der Waals surface area (Å²) in [5.74, 6) is -0.666. The molecule has 6 nitrogen and oxygen atoms in total. The molecule has 0 aliphatic carbocycles. The first kappa shape index (κ1) is 16.3. The first-order valence-corrected chi connectivity index (χ1v) is 7.55. The lowest BCUT2D eigenvalue weighted by Crippen LogP contribution is -2.52.